The number of benzene rings is 1. The lowest BCUT2D eigenvalue weighted by atomic mass is 9.95. The zero-order chi connectivity index (χ0) is 12.6. The molecule has 0 aromatic heterocycles. The largest absolute Gasteiger partial charge is 0.398 e. The number of amides is 1. The molecule has 17 heavy (non-hydrogen) atoms. The normalized spacial score (nSPS) is 17.5. The van der Waals surface area contributed by atoms with Crippen molar-refractivity contribution in [3.8, 4) is 0 Å². The number of rotatable bonds is 2. The number of hydrogen-bond donors (Lipinski definition) is 2. The van der Waals surface area contributed by atoms with Gasteiger partial charge in [-0.05, 0) is 43.0 Å². The summed E-state index contributed by atoms with van der Waals surface area (Å²) >= 11 is 0. The molecule has 4 heteroatoms. The number of hydrogen-bond acceptors (Lipinski definition) is 3. The van der Waals surface area contributed by atoms with E-state index in [0.29, 0.717) is 0 Å². The predicted octanol–water partition coefficient (Wildman–Crippen LogP) is 0.809. The highest BCUT2D eigenvalue weighted by atomic mass is 16.1. The van der Waals surface area contributed by atoms with Crippen molar-refractivity contribution in [2.45, 2.75) is 32.9 Å². The van der Waals surface area contributed by atoms with Crippen LogP contribution >= 0.6 is 0 Å². The van der Waals surface area contributed by atoms with Crippen LogP contribution in [0.15, 0.2) is 12.1 Å². The second-order valence-corrected chi connectivity index (χ2v) is 4.79. The molecule has 0 saturated heterocycles. The Bertz CT molecular complexity index is 456. The predicted molar refractivity (Wildman–Crippen MR) is 68.4 cm³/mol. The van der Waals surface area contributed by atoms with E-state index in [2.05, 4.69) is 11.0 Å². The van der Waals surface area contributed by atoms with Gasteiger partial charge in [-0.15, -0.1) is 0 Å². The molecule has 1 aliphatic rings. The molecular formula is C13H19N3O. The molecule has 0 bridgehead atoms. The Labute approximate surface area is 102 Å². The van der Waals surface area contributed by atoms with E-state index in [0.717, 1.165) is 30.8 Å². The van der Waals surface area contributed by atoms with E-state index in [9.17, 15) is 4.79 Å². The van der Waals surface area contributed by atoms with Crippen molar-refractivity contribution in [2.75, 3.05) is 12.3 Å². The van der Waals surface area contributed by atoms with Gasteiger partial charge in [0.05, 0.1) is 6.04 Å². The second kappa shape index (κ2) is 4.37. The summed E-state index contributed by atoms with van der Waals surface area (Å²) in [6.07, 6.45) is 0.888. The molecule has 0 spiro atoms. The minimum Gasteiger partial charge on any atom is -0.398 e. The zero-order valence-electron chi connectivity index (χ0n) is 10.4. The minimum absolute atomic E-state index is 0.218. The molecule has 1 aromatic carbocycles. The number of aryl methyl sites for hydroxylation is 1. The lowest BCUT2D eigenvalue weighted by Gasteiger charge is -2.32. The Kier molecular flexibility index (Phi) is 3.07. The van der Waals surface area contributed by atoms with Crippen LogP contribution in [0, 0.1) is 6.92 Å². The van der Waals surface area contributed by atoms with Crippen molar-refractivity contribution in [3.63, 3.8) is 0 Å². The first-order valence-electron chi connectivity index (χ1n) is 5.90. The maximum Gasteiger partial charge on any atom is 0.234 e. The Morgan fingerprint density at radius 2 is 2.18 bits per heavy atom. The third-order valence-corrected chi connectivity index (χ3v) is 3.50. The van der Waals surface area contributed by atoms with Crippen molar-refractivity contribution in [2.24, 2.45) is 5.73 Å². The average molecular weight is 233 g/mol. The van der Waals surface area contributed by atoms with Gasteiger partial charge in [0.2, 0.25) is 5.91 Å². The third kappa shape index (κ3) is 2.26. The summed E-state index contributed by atoms with van der Waals surface area (Å²) in [6.45, 7) is 5.48. The number of nitrogens with zero attached hydrogens (tertiary/aromatic N) is 1. The van der Waals surface area contributed by atoms with Crippen LogP contribution in [0.2, 0.25) is 0 Å². The van der Waals surface area contributed by atoms with E-state index < -0.39 is 0 Å². The van der Waals surface area contributed by atoms with Gasteiger partial charge in [0.15, 0.2) is 0 Å². The summed E-state index contributed by atoms with van der Waals surface area (Å²) in [5.74, 6) is -0.269. The number of fused-ring (bicyclic) bond motifs is 1. The number of carbonyl (C=O) groups is 1. The van der Waals surface area contributed by atoms with Crippen LogP contribution in [0.5, 0.6) is 0 Å². The quantitative estimate of drug-likeness (QED) is 0.742. The summed E-state index contributed by atoms with van der Waals surface area (Å²) in [5, 5.41) is 0. The lowest BCUT2D eigenvalue weighted by molar-refractivity contribution is -0.123. The summed E-state index contributed by atoms with van der Waals surface area (Å²) in [7, 11) is 0. The number of anilines is 1. The molecule has 1 amide bonds. The first-order chi connectivity index (χ1) is 7.99. The van der Waals surface area contributed by atoms with E-state index in [1.807, 2.05) is 19.9 Å². The summed E-state index contributed by atoms with van der Waals surface area (Å²) < 4.78 is 0. The van der Waals surface area contributed by atoms with Crippen molar-refractivity contribution >= 4 is 11.6 Å². The van der Waals surface area contributed by atoms with Crippen molar-refractivity contribution in [1.29, 1.82) is 0 Å². The van der Waals surface area contributed by atoms with E-state index in [-0.39, 0.29) is 11.9 Å². The maximum absolute atomic E-state index is 11.2. The Hall–Kier alpha value is -1.55. The van der Waals surface area contributed by atoms with Gasteiger partial charge in [-0.25, -0.2) is 0 Å². The van der Waals surface area contributed by atoms with Crippen LogP contribution in [0.25, 0.3) is 0 Å². The van der Waals surface area contributed by atoms with Crippen LogP contribution in [0.1, 0.15) is 23.6 Å². The fourth-order valence-corrected chi connectivity index (χ4v) is 2.43. The molecule has 92 valence electrons. The van der Waals surface area contributed by atoms with Crippen LogP contribution in [0.3, 0.4) is 0 Å². The van der Waals surface area contributed by atoms with E-state index in [4.69, 9.17) is 11.5 Å². The molecule has 0 aliphatic carbocycles. The number of nitrogen functional groups attached to an aromatic ring is 1. The molecule has 2 rings (SSSR count). The van der Waals surface area contributed by atoms with Gasteiger partial charge in [-0.1, -0.05) is 6.07 Å². The Morgan fingerprint density at radius 3 is 2.82 bits per heavy atom. The van der Waals surface area contributed by atoms with Gasteiger partial charge >= 0.3 is 0 Å². The molecule has 1 aromatic rings. The summed E-state index contributed by atoms with van der Waals surface area (Å²) in [6, 6.07) is 3.93. The van der Waals surface area contributed by atoms with Crippen molar-refractivity contribution in [3.05, 3.63) is 28.8 Å². The molecule has 1 heterocycles. The first-order valence-corrected chi connectivity index (χ1v) is 5.90. The van der Waals surface area contributed by atoms with Gasteiger partial charge in [-0.3, -0.25) is 9.69 Å². The molecule has 1 aliphatic heterocycles. The van der Waals surface area contributed by atoms with Crippen LogP contribution in [0.4, 0.5) is 5.69 Å². The molecular weight excluding hydrogens is 214 g/mol. The highest BCUT2D eigenvalue weighted by molar-refractivity contribution is 5.79. The number of carbonyl (C=O) groups excluding carboxylic acids is 1. The molecule has 4 N–H and O–H groups in total. The molecule has 1 atom stereocenters. The molecule has 4 nitrogen and oxygen atoms in total. The smallest absolute Gasteiger partial charge is 0.234 e. The van der Waals surface area contributed by atoms with Gasteiger partial charge in [0.1, 0.15) is 0 Å². The third-order valence-electron chi connectivity index (χ3n) is 3.50. The lowest BCUT2D eigenvalue weighted by Crippen LogP contribution is -2.45. The Balaban J connectivity index is 2.27. The highest BCUT2D eigenvalue weighted by Crippen LogP contribution is 2.26. The molecule has 1 unspecified atom stereocenters. The zero-order valence-corrected chi connectivity index (χ0v) is 10.4. The van der Waals surface area contributed by atoms with Crippen LogP contribution in [-0.4, -0.2) is 23.4 Å². The fraction of sp³-hybridized carbons (Fsp3) is 0.462. The molecule has 0 saturated carbocycles. The van der Waals surface area contributed by atoms with E-state index in [1.54, 1.807) is 0 Å². The first kappa shape index (κ1) is 11.9. The van der Waals surface area contributed by atoms with Crippen LogP contribution in [-0.2, 0) is 17.8 Å². The van der Waals surface area contributed by atoms with Gasteiger partial charge in [-0.2, -0.15) is 0 Å². The van der Waals surface area contributed by atoms with Gasteiger partial charge < -0.3 is 11.5 Å². The van der Waals surface area contributed by atoms with Crippen LogP contribution < -0.4 is 11.5 Å². The average Bonchev–Trinajstić information content (AvgIpc) is 2.26. The number of nitrogens with two attached hydrogens (primary N) is 2. The van der Waals surface area contributed by atoms with E-state index in [1.165, 1.54) is 11.1 Å². The fourth-order valence-electron chi connectivity index (χ4n) is 2.43. The van der Waals surface area contributed by atoms with E-state index >= 15 is 0 Å². The number of primary amides is 1. The maximum atomic E-state index is 11.2. The van der Waals surface area contributed by atoms with Crippen molar-refractivity contribution in [1.82, 2.24) is 4.90 Å². The molecule has 0 fully saturated rings. The highest BCUT2D eigenvalue weighted by Gasteiger charge is 2.24. The topological polar surface area (TPSA) is 72.3 Å². The van der Waals surface area contributed by atoms with Crippen molar-refractivity contribution < 1.29 is 4.79 Å². The summed E-state index contributed by atoms with van der Waals surface area (Å²) in [5.41, 5.74) is 15.8. The second-order valence-electron chi connectivity index (χ2n) is 4.79. The Morgan fingerprint density at radius 1 is 1.47 bits per heavy atom. The molecule has 0 radical (unpaired) electrons. The monoisotopic (exact) mass is 233 g/mol. The standard InChI is InChI=1S/C13H19N3O/c1-8-5-10-7-16(9(2)13(15)17)4-3-11(10)12(14)6-8/h5-6,9H,3-4,7,14H2,1-2H3,(H2,15,17). The van der Waals surface area contributed by atoms with Gasteiger partial charge in [0.25, 0.3) is 0 Å². The summed E-state index contributed by atoms with van der Waals surface area (Å²) in [4.78, 5) is 13.3. The van der Waals surface area contributed by atoms with Gasteiger partial charge in [0, 0.05) is 18.8 Å². The minimum atomic E-state index is -0.269. The SMILES string of the molecule is Cc1cc(N)c2c(c1)CN(C(C)C(N)=O)CC2.